The van der Waals surface area contributed by atoms with E-state index in [1.807, 2.05) is 27.0 Å². The fourth-order valence-electron chi connectivity index (χ4n) is 5.79. The quantitative estimate of drug-likeness (QED) is 0.0578. The van der Waals surface area contributed by atoms with Crippen LogP contribution in [-0.4, -0.2) is 54.1 Å². The highest BCUT2D eigenvalue weighted by Gasteiger charge is 2.31. The fraction of sp³-hybridized carbons (Fsp3) is 0.559. The Morgan fingerprint density at radius 1 is 0.885 bits per heavy atom. The zero-order chi connectivity index (χ0) is 39.0. The first kappa shape index (κ1) is 45.2. The van der Waals surface area contributed by atoms with Crippen molar-refractivity contribution < 1.29 is 18.9 Å². The van der Waals surface area contributed by atoms with Crippen LogP contribution in [0.2, 0.25) is 5.15 Å². The number of amidine groups is 1. The molecule has 18 heteroatoms. The van der Waals surface area contributed by atoms with Crippen molar-refractivity contribution in [1.29, 1.82) is 5.41 Å². The van der Waals surface area contributed by atoms with Crippen LogP contribution in [0.1, 0.15) is 104 Å². The number of halogens is 4. The lowest BCUT2D eigenvalue weighted by atomic mass is 10.1. The lowest BCUT2D eigenvalue weighted by molar-refractivity contribution is -0.150. The number of rotatable bonds is 2. The molecule has 0 bridgehead atoms. The molecule has 4 N–H and O–H groups in total. The van der Waals surface area contributed by atoms with Gasteiger partial charge in [-0.2, -0.15) is 0 Å². The second-order valence-corrected chi connectivity index (χ2v) is 19.3. The first-order chi connectivity index (χ1) is 24.4. The molecule has 3 heterocycles. The third kappa shape index (κ3) is 16.8. The Morgan fingerprint density at radius 3 is 2.00 bits per heavy atom. The monoisotopic (exact) mass is 818 g/mol. The summed E-state index contributed by atoms with van der Waals surface area (Å²) >= 11 is 19.8. The number of carbonyl (C=O) groups is 2. The lowest BCUT2D eigenvalue weighted by Crippen LogP contribution is -2.21. The molecule has 286 valence electrons. The van der Waals surface area contributed by atoms with Crippen LogP contribution in [0.5, 0.6) is 0 Å². The predicted octanol–water partition coefficient (Wildman–Crippen LogP) is 7.44. The fourth-order valence-corrected chi connectivity index (χ4v) is 6.12. The molecule has 1 saturated carbocycles. The van der Waals surface area contributed by atoms with E-state index in [9.17, 15) is 18.9 Å². The second kappa shape index (κ2) is 22.3. The summed E-state index contributed by atoms with van der Waals surface area (Å²) in [5, 5.41) is 3.71. The highest BCUT2D eigenvalue weighted by molar-refractivity contribution is 8.24. The summed E-state index contributed by atoms with van der Waals surface area (Å²) in [7, 11) is 0. The van der Waals surface area contributed by atoms with Crippen LogP contribution in [0.3, 0.4) is 0 Å². The molecule has 0 aliphatic heterocycles. The number of nitrogens with zero attached hydrogens (tertiary/aromatic N) is 5. The van der Waals surface area contributed by atoms with Crippen LogP contribution >= 0.6 is 50.5 Å². The SMILES string of the molecule is CC(=N)N.CCOC(=O)C1CCCC1=O.Cc1nc(Cl)c2c(n1)CCC2.Cc1nc2c(c(=O)[nH]1)CCC2.Cc1ncc2c(n1)CCC2.O=P(Cl)(Cl)Cl. The van der Waals surface area contributed by atoms with E-state index in [-0.39, 0.29) is 23.1 Å². The van der Waals surface area contributed by atoms with Gasteiger partial charge in [0, 0.05) is 35.1 Å². The van der Waals surface area contributed by atoms with Crippen LogP contribution in [0, 0.1) is 32.1 Å². The van der Waals surface area contributed by atoms with Crippen LogP contribution in [0.15, 0.2) is 11.0 Å². The predicted molar refractivity (Wildman–Crippen MR) is 206 cm³/mol. The normalized spacial score (nSPS) is 15.9. The van der Waals surface area contributed by atoms with Crippen molar-refractivity contribution in [2.45, 2.75) is 112 Å². The molecule has 1 atom stereocenters. The van der Waals surface area contributed by atoms with E-state index in [0.717, 1.165) is 84.9 Å². The van der Waals surface area contributed by atoms with Crippen molar-refractivity contribution >= 4 is 68.1 Å². The van der Waals surface area contributed by atoms with Gasteiger partial charge in [0.25, 0.3) is 5.56 Å². The number of ether oxygens (including phenoxy) is 1. The van der Waals surface area contributed by atoms with Crippen LogP contribution in [0.25, 0.3) is 0 Å². The zero-order valence-electron chi connectivity index (χ0n) is 30.2. The van der Waals surface area contributed by atoms with Gasteiger partial charge in [0.1, 0.15) is 34.3 Å². The average molecular weight is 821 g/mol. The standard InChI is InChI=1S/C8H9ClN2.C8H10N2O.C8H10N2.C8H12O3.C2H6N2.Cl3OP/c1-5-10-7-4-2-3-6(7)8(9)11-5;1-5-9-7-4-2-3-6(7)8(11)10-5;1-6-9-5-7-3-2-4-8(7)10-6;1-2-11-8(10)6-4-3-5-7(6)9;1-2(3)4;1-5(2,3)4/h2-4H2,1H3;2-4H2,1H3,(H,9,10,11);5H,2-4H2,1H3;6H,2-5H2,1H3;1H3,(H3,3,4);. The summed E-state index contributed by atoms with van der Waals surface area (Å²) < 4.78 is 14.2. The topological polar surface area (TPSA) is 208 Å². The number of carbonyl (C=O) groups excluding carboxylic acids is 2. The maximum atomic E-state index is 11.2. The molecule has 0 radical (unpaired) electrons. The number of aryl methyl sites for hydroxylation is 7. The molecule has 0 amide bonds. The molecule has 3 aromatic rings. The number of ketones is 1. The lowest BCUT2D eigenvalue weighted by Gasteiger charge is -2.05. The summed E-state index contributed by atoms with van der Waals surface area (Å²) in [4.78, 5) is 57.1. The molecular weight excluding hydrogens is 773 g/mol. The Bertz CT molecular complexity index is 1790. The van der Waals surface area contributed by atoms with E-state index in [4.69, 9.17) is 27.5 Å². The first-order valence-electron chi connectivity index (χ1n) is 17.0. The molecule has 4 aliphatic rings. The minimum atomic E-state index is -3.22. The Balaban J connectivity index is 0.000000223. The third-order valence-corrected chi connectivity index (χ3v) is 8.18. The number of hydrogen-bond donors (Lipinski definition) is 3. The van der Waals surface area contributed by atoms with Crippen molar-refractivity contribution in [2.24, 2.45) is 11.7 Å². The maximum Gasteiger partial charge on any atom is 0.339 e. The molecule has 1 fully saturated rings. The maximum absolute atomic E-state index is 11.2. The number of Topliss-reactive ketones (excluding diaryl/α,β-unsaturated/α-hetero) is 1. The molecule has 0 spiro atoms. The summed E-state index contributed by atoms with van der Waals surface area (Å²) in [5.41, 5.74) is 11.6. The van der Waals surface area contributed by atoms with Gasteiger partial charge in [0.15, 0.2) is 0 Å². The number of esters is 1. The van der Waals surface area contributed by atoms with Crippen molar-refractivity contribution in [3.63, 3.8) is 0 Å². The van der Waals surface area contributed by atoms with E-state index in [0.29, 0.717) is 24.6 Å². The molecule has 1 unspecified atom stereocenters. The van der Waals surface area contributed by atoms with Gasteiger partial charge in [-0.3, -0.25) is 24.4 Å². The number of H-pyrrole nitrogens is 1. The van der Waals surface area contributed by atoms with Gasteiger partial charge in [-0.05, 0) is 145 Å². The van der Waals surface area contributed by atoms with Crippen molar-refractivity contribution in [2.75, 3.05) is 6.61 Å². The molecule has 3 aromatic heterocycles. The Morgan fingerprint density at radius 2 is 1.42 bits per heavy atom. The van der Waals surface area contributed by atoms with E-state index in [1.54, 1.807) is 6.92 Å². The van der Waals surface area contributed by atoms with Crippen LogP contribution < -0.4 is 11.3 Å². The minimum absolute atomic E-state index is 0.0449. The van der Waals surface area contributed by atoms with Crippen molar-refractivity contribution in [3.05, 3.63) is 72.9 Å². The number of nitrogens with two attached hydrogens (primary N) is 1. The smallest absolute Gasteiger partial charge is 0.339 e. The summed E-state index contributed by atoms with van der Waals surface area (Å²) in [5.74, 6) is 1.85. The van der Waals surface area contributed by atoms with Crippen molar-refractivity contribution in [3.8, 4) is 0 Å². The minimum Gasteiger partial charge on any atom is -0.465 e. The largest absolute Gasteiger partial charge is 0.465 e. The first-order valence-corrected chi connectivity index (χ1v) is 21.8. The number of aromatic nitrogens is 6. The van der Waals surface area contributed by atoms with Crippen LogP contribution in [-0.2, 0) is 57.4 Å². The Hall–Kier alpha value is -2.96. The number of nitrogens with one attached hydrogen (secondary N) is 2. The number of hydrogen-bond acceptors (Lipinski definition) is 11. The Labute approximate surface area is 323 Å². The summed E-state index contributed by atoms with van der Waals surface area (Å²) in [6.07, 6.45) is 13.9. The van der Waals surface area contributed by atoms with Gasteiger partial charge in [0.05, 0.1) is 18.1 Å². The zero-order valence-corrected chi connectivity index (χ0v) is 34.1. The van der Waals surface area contributed by atoms with E-state index in [1.165, 1.54) is 37.4 Å². The molecule has 7 rings (SSSR count). The Kier molecular flexibility index (Phi) is 19.4. The van der Waals surface area contributed by atoms with Gasteiger partial charge in [-0.25, -0.2) is 24.9 Å². The van der Waals surface area contributed by atoms with Gasteiger partial charge in [-0.1, -0.05) is 11.6 Å². The molecule has 0 saturated heterocycles. The van der Waals surface area contributed by atoms with E-state index in [2.05, 4.69) is 63.6 Å². The van der Waals surface area contributed by atoms with E-state index < -0.39 is 11.1 Å². The van der Waals surface area contributed by atoms with Crippen molar-refractivity contribution in [1.82, 2.24) is 29.9 Å². The second-order valence-electron chi connectivity index (χ2n) is 12.3. The van der Waals surface area contributed by atoms with Gasteiger partial charge < -0.3 is 15.5 Å². The average Bonchev–Trinajstić information content (AvgIpc) is 3.84. The molecule has 4 aliphatic carbocycles. The van der Waals surface area contributed by atoms with Gasteiger partial charge in [0.2, 0.25) is 0 Å². The number of fused-ring (bicyclic) bond motifs is 3. The van der Waals surface area contributed by atoms with Gasteiger partial charge >= 0.3 is 11.2 Å². The third-order valence-electron chi connectivity index (χ3n) is 7.86. The van der Waals surface area contributed by atoms with E-state index >= 15 is 0 Å². The molecule has 52 heavy (non-hydrogen) atoms. The highest BCUT2D eigenvalue weighted by Crippen LogP contribution is 2.61. The highest BCUT2D eigenvalue weighted by atomic mass is 36.0. The molecule has 0 aromatic carbocycles. The summed E-state index contributed by atoms with van der Waals surface area (Å²) in [6, 6.07) is 0. The molecular formula is C34H47Cl4N8O5P. The summed E-state index contributed by atoms with van der Waals surface area (Å²) in [6.45, 7) is 9.28. The number of aromatic amines is 1. The molecule has 13 nitrogen and oxygen atoms in total. The van der Waals surface area contributed by atoms with Crippen LogP contribution in [0.4, 0.5) is 0 Å². The van der Waals surface area contributed by atoms with Gasteiger partial charge in [-0.15, -0.1) is 0 Å².